The highest BCUT2D eigenvalue weighted by Crippen LogP contribution is 2.17. The molecule has 0 aliphatic heterocycles. The molecular weight excluding hydrogens is 374 g/mol. The maximum absolute atomic E-state index is 12.3. The predicted molar refractivity (Wildman–Crippen MR) is 111 cm³/mol. The first-order valence-electron chi connectivity index (χ1n) is 8.51. The smallest absolute Gasteiger partial charge is 0.275 e. The number of hydrazone groups is 1. The molecule has 0 aliphatic carbocycles. The summed E-state index contributed by atoms with van der Waals surface area (Å²) in [7, 11) is 1.51. The van der Waals surface area contributed by atoms with E-state index in [4.69, 9.17) is 4.74 Å². The van der Waals surface area contributed by atoms with E-state index in [1.165, 1.54) is 18.4 Å². The van der Waals surface area contributed by atoms with Crippen molar-refractivity contribution < 1.29 is 14.3 Å². The van der Waals surface area contributed by atoms with Crippen molar-refractivity contribution >= 4 is 34.6 Å². The Morgan fingerprint density at radius 1 is 0.964 bits per heavy atom. The molecule has 0 fully saturated rings. The van der Waals surface area contributed by atoms with Gasteiger partial charge in [0.2, 0.25) is 0 Å². The van der Waals surface area contributed by atoms with Gasteiger partial charge in [0.25, 0.3) is 11.8 Å². The molecule has 0 saturated carbocycles. The van der Waals surface area contributed by atoms with Crippen molar-refractivity contribution in [3.63, 3.8) is 0 Å². The van der Waals surface area contributed by atoms with Crippen molar-refractivity contribution in [1.82, 2.24) is 5.43 Å². The number of carbonyl (C=O) groups excluding carboxylic acids is 2. The topological polar surface area (TPSA) is 79.8 Å². The van der Waals surface area contributed by atoms with Crippen LogP contribution in [-0.4, -0.2) is 24.6 Å². The summed E-state index contributed by atoms with van der Waals surface area (Å²) in [6, 6.07) is 17.8. The van der Waals surface area contributed by atoms with E-state index in [-0.39, 0.29) is 11.8 Å². The highest BCUT2D eigenvalue weighted by atomic mass is 32.1. The van der Waals surface area contributed by atoms with Gasteiger partial charge >= 0.3 is 0 Å². The van der Waals surface area contributed by atoms with Crippen molar-refractivity contribution in [2.75, 3.05) is 12.4 Å². The van der Waals surface area contributed by atoms with Gasteiger partial charge in [-0.25, -0.2) is 5.43 Å². The fourth-order valence-corrected chi connectivity index (χ4v) is 3.11. The zero-order chi connectivity index (χ0) is 19.9. The summed E-state index contributed by atoms with van der Waals surface area (Å²) < 4.78 is 5.19. The van der Waals surface area contributed by atoms with E-state index in [0.29, 0.717) is 27.6 Å². The average Bonchev–Trinajstić information content (AvgIpc) is 3.27. The van der Waals surface area contributed by atoms with Gasteiger partial charge in [0.05, 0.1) is 23.3 Å². The third-order valence-corrected chi connectivity index (χ3v) is 4.85. The van der Waals surface area contributed by atoms with Gasteiger partial charge in [0.1, 0.15) is 5.75 Å². The van der Waals surface area contributed by atoms with Crippen LogP contribution in [0.4, 0.5) is 5.69 Å². The average molecular weight is 393 g/mol. The Labute approximate surface area is 166 Å². The minimum atomic E-state index is -0.350. The summed E-state index contributed by atoms with van der Waals surface area (Å²) in [6.45, 7) is 1.79. The Hall–Kier alpha value is -3.45. The summed E-state index contributed by atoms with van der Waals surface area (Å²) in [6.07, 6.45) is 0. The van der Waals surface area contributed by atoms with Crippen molar-refractivity contribution in [3.05, 3.63) is 82.0 Å². The van der Waals surface area contributed by atoms with E-state index in [0.717, 1.165) is 5.56 Å². The molecule has 3 rings (SSSR count). The van der Waals surface area contributed by atoms with Crippen molar-refractivity contribution in [3.8, 4) is 5.75 Å². The second-order valence-corrected chi connectivity index (χ2v) is 6.79. The summed E-state index contributed by atoms with van der Waals surface area (Å²) >= 11 is 1.39. The maximum Gasteiger partial charge on any atom is 0.275 e. The number of hydrogen-bond donors (Lipinski definition) is 2. The highest BCUT2D eigenvalue weighted by Gasteiger charge is 2.11. The number of hydrogen-bond acceptors (Lipinski definition) is 5. The second-order valence-electron chi connectivity index (χ2n) is 5.85. The summed E-state index contributed by atoms with van der Waals surface area (Å²) in [4.78, 5) is 25.0. The molecule has 0 atom stereocenters. The molecule has 2 N–H and O–H groups in total. The number of rotatable bonds is 6. The molecule has 142 valence electrons. The van der Waals surface area contributed by atoms with Crippen molar-refractivity contribution in [1.29, 1.82) is 0 Å². The maximum atomic E-state index is 12.3. The van der Waals surface area contributed by atoms with E-state index >= 15 is 0 Å². The lowest BCUT2D eigenvalue weighted by Gasteiger charge is -2.08. The van der Waals surface area contributed by atoms with Gasteiger partial charge in [-0.05, 0) is 48.2 Å². The summed E-state index contributed by atoms with van der Waals surface area (Å²) in [5.41, 5.74) is 5.10. The van der Waals surface area contributed by atoms with Gasteiger partial charge in [-0.3, -0.25) is 9.59 Å². The lowest BCUT2D eigenvalue weighted by molar-refractivity contribution is 0.0951. The molecule has 6 nitrogen and oxygen atoms in total. The number of ether oxygens (including phenoxy) is 1. The number of para-hydroxylation sites is 1. The molecule has 2 amide bonds. The number of anilines is 1. The van der Waals surface area contributed by atoms with Gasteiger partial charge in [0, 0.05) is 5.69 Å². The van der Waals surface area contributed by atoms with Crippen molar-refractivity contribution in [2.45, 2.75) is 6.92 Å². The third kappa shape index (κ3) is 4.63. The molecule has 0 radical (unpaired) electrons. The van der Waals surface area contributed by atoms with E-state index in [9.17, 15) is 9.59 Å². The second kappa shape index (κ2) is 8.96. The zero-order valence-electron chi connectivity index (χ0n) is 15.4. The van der Waals surface area contributed by atoms with E-state index < -0.39 is 0 Å². The molecule has 0 saturated heterocycles. The number of methoxy groups -OCH3 is 1. The Kier molecular flexibility index (Phi) is 6.18. The quantitative estimate of drug-likeness (QED) is 0.487. The Morgan fingerprint density at radius 2 is 1.71 bits per heavy atom. The molecule has 28 heavy (non-hydrogen) atoms. The van der Waals surface area contributed by atoms with Crippen LogP contribution in [0.5, 0.6) is 5.75 Å². The molecule has 7 heteroatoms. The van der Waals surface area contributed by atoms with E-state index in [1.54, 1.807) is 49.4 Å². The normalized spacial score (nSPS) is 11.0. The fourth-order valence-electron chi connectivity index (χ4n) is 2.49. The van der Waals surface area contributed by atoms with Crippen LogP contribution in [0.15, 0.2) is 71.1 Å². The molecular formula is C21H19N3O3S. The molecule has 0 bridgehead atoms. The van der Waals surface area contributed by atoms with Crippen LogP contribution in [-0.2, 0) is 0 Å². The SMILES string of the molecule is COc1ccccc1C(=O)N/N=C(\C)c1ccc(NC(=O)c2cccs2)cc1. The number of amides is 2. The van der Waals surface area contributed by atoms with Crippen LogP contribution in [0.2, 0.25) is 0 Å². The van der Waals surface area contributed by atoms with Crippen molar-refractivity contribution in [2.24, 2.45) is 5.10 Å². The Morgan fingerprint density at radius 3 is 2.39 bits per heavy atom. The molecule has 0 aliphatic rings. The van der Waals surface area contributed by atoms with Gasteiger partial charge in [-0.1, -0.05) is 30.3 Å². The molecule has 0 spiro atoms. The molecule has 2 aromatic carbocycles. The fraction of sp³-hybridized carbons (Fsp3) is 0.0952. The monoisotopic (exact) mass is 393 g/mol. The zero-order valence-corrected chi connectivity index (χ0v) is 16.2. The number of carbonyl (C=O) groups is 2. The number of nitrogens with one attached hydrogen (secondary N) is 2. The summed E-state index contributed by atoms with van der Waals surface area (Å²) in [5.74, 6) is -0.00692. The van der Waals surface area contributed by atoms with Crippen LogP contribution in [0.25, 0.3) is 0 Å². The minimum Gasteiger partial charge on any atom is -0.496 e. The van der Waals surface area contributed by atoms with Crippen LogP contribution in [0.3, 0.4) is 0 Å². The lowest BCUT2D eigenvalue weighted by atomic mass is 10.1. The van der Waals surface area contributed by atoms with Gasteiger partial charge in [0.15, 0.2) is 0 Å². The summed E-state index contributed by atoms with van der Waals surface area (Å²) in [5, 5.41) is 8.85. The van der Waals surface area contributed by atoms with Crippen LogP contribution in [0, 0.1) is 0 Å². The van der Waals surface area contributed by atoms with E-state index in [1.807, 2.05) is 23.6 Å². The lowest BCUT2D eigenvalue weighted by Crippen LogP contribution is -2.20. The highest BCUT2D eigenvalue weighted by molar-refractivity contribution is 7.12. The largest absolute Gasteiger partial charge is 0.496 e. The Balaban J connectivity index is 1.64. The minimum absolute atomic E-state index is 0.141. The number of thiophene rings is 1. The standard InChI is InChI=1S/C21H19N3O3S/c1-14(23-24-20(25)17-6-3-4-7-18(17)27-2)15-9-11-16(12-10-15)22-21(26)19-8-5-13-28-19/h3-13H,1-2H3,(H,22,26)(H,24,25)/b23-14+. The number of benzene rings is 2. The van der Waals surface area contributed by atoms with Gasteiger partial charge < -0.3 is 10.1 Å². The first-order chi connectivity index (χ1) is 13.6. The molecule has 3 aromatic rings. The van der Waals surface area contributed by atoms with Gasteiger partial charge in [-0.15, -0.1) is 11.3 Å². The van der Waals surface area contributed by atoms with Gasteiger partial charge in [-0.2, -0.15) is 5.10 Å². The third-order valence-electron chi connectivity index (χ3n) is 3.98. The van der Waals surface area contributed by atoms with Crippen LogP contribution >= 0.6 is 11.3 Å². The molecule has 1 heterocycles. The molecule has 1 aromatic heterocycles. The number of nitrogens with zero attached hydrogens (tertiary/aromatic N) is 1. The van der Waals surface area contributed by atoms with Crippen LogP contribution < -0.4 is 15.5 Å². The van der Waals surface area contributed by atoms with Crippen LogP contribution in [0.1, 0.15) is 32.5 Å². The predicted octanol–water partition coefficient (Wildman–Crippen LogP) is 4.16. The Bertz CT molecular complexity index is 996. The first-order valence-corrected chi connectivity index (χ1v) is 9.39. The molecule has 0 unspecified atom stereocenters. The van der Waals surface area contributed by atoms with E-state index in [2.05, 4.69) is 15.8 Å². The first kappa shape index (κ1) is 19.3.